The number of ether oxygens (including phenoxy) is 1. The Morgan fingerprint density at radius 1 is 0.773 bits per heavy atom. The minimum atomic E-state index is -0.246. The van der Waals surface area contributed by atoms with Crippen LogP contribution in [0.4, 0.5) is 0 Å². The summed E-state index contributed by atoms with van der Waals surface area (Å²) < 4.78 is 6.55. The Bertz CT molecular complexity index is 381. The molecule has 2 rings (SSSR count). The van der Waals surface area contributed by atoms with Crippen LogP contribution in [0.1, 0.15) is 81.1 Å². The van der Waals surface area contributed by atoms with Crippen molar-refractivity contribution in [3.63, 3.8) is 0 Å². The molecule has 2 fully saturated rings. The van der Waals surface area contributed by atoms with E-state index in [9.17, 15) is 5.21 Å². The van der Waals surface area contributed by atoms with Crippen LogP contribution in [0.5, 0.6) is 0 Å². The maximum absolute atomic E-state index is 10.4. The Kier molecular flexibility index (Phi) is 4.49. The molecule has 0 atom stereocenters. The second-order valence-corrected chi connectivity index (χ2v) is 10.0. The van der Waals surface area contributed by atoms with Gasteiger partial charge in [-0.15, -0.1) is 0 Å². The van der Waals surface area contributed by atoms with Gasteiger partial charge in [-0.2, -0.15) is 5.06 Å². The van der Waals surface area contributed by atoms with E-state index in [1.54, 1.807) is 0 Å². The summed E-state index contributed by atoms with van der Waals surface area (Å²) >= 11 is 0. The lowest BCUT2D eigenvalue weighted by atomic mass is 9.78. The summed E-state index contributed by atoms with van der Waals surface area (Å²) in [5.74, 6) is 0. The fourth-order valence-corrected chi connectivity index (χ4v) is 4.87. The predicted molar refractivity (Wildman–Crippen MR) is 90.2 cm³/mol. The molecule has 2 heterocycles. The first-order chi connectivity index (χ1) is 9.73. The quantitative estimate of drug-likeness (QED) is 0.815. The van der Waals surface area contributed by atoms with Gasteiger partial charge in [-0.05, 0) is 81.1 Å². The Morgan fingerprint density at radius 3 is 1.55 bits per heavy atom. The van der Waals surface area contributed by atoms with Crippen LogP contribution in [0, 0.1) is 0 Å². The van der Waals surface area contributed by atoms with E-state index in [0.717, 1.165) is 25.7 Å². The smallest absolute Gasteiger partial charge is 0.0615 e. The van der Waals surface area contributed by atoms with Gasteiger partial charge in [0.2, 0.25) is 0 Å². The van der Waals surface area contributed by atoms with Crippen LogP contribution < -0.4 is 5.32 Å². The number of hydrogen-bond donors (Lipinski definition) is 2. The first kappa shape index (κ1) is 18.2. The molecule has 4 nitrogen and oxygen atoms in total. The van der Waals surface area contributed by atoms with Crippen LogP contribution in [0.15, 0.2) is 0 Å². The molecule has 2 aliphatic rings. The Labute approximate surface area is 136 Å². The topological polar surface area (TPSA) is 44.7 Å². The normalized spacial score (nSPS) is 32.0. The van der Waals surface area contributed by atoms with Crippen molar-refractivity contribution in [1.29, 1.82) is 0 Å². The summed E-state index contributed by atoms with van der Waals surface area (Å²) in [5.41, 5.74) is -0.279. The summed E-state index contributed by atoms with van der Waals surface area (Å²) in [7, 11) is 0. The molecule has 0 aromatic carbocycles. The van der Waals surface area contributed by atoms with Crippen LogP contribution in [0.25, 0.3) is 0 Å². The van der Waals surface area contributed by atoms with Crippen molar-refractivity contribution in [2.75, 3.05) is 0 Å². The maximum atomic E-state index is 10.4. The fraction of sp³-hybridized carbons (Fsp3) is 1.00. The van der Waals surface area contributed by atoms with Gasteiger partial charge in [0.15, 0.2) is 0 Å². The fourth-order valence-electron chi connectivity index (χ4n) is 4.87. The highest BCUT2D eigenvalue weighted by Crippen LogP contribution is 2.40. The number of piperidine rings is 2. The molecule has 0 spiro atoms. The van der Waals surface area contributed by atoms with Crippen molar-refractivity contribution in [2.24, 2.45) is 0 Å². The highest BCUT2D eigenvalue weighted by Gasteiger charge is 2.47. The van der Waals surface area contributed by atoms with Gasteiger partial charge < -0.3 is 15.3 Å². The SMILES string of the molecule is CC1(C)CC(OC2CC(C)(C)N(O)C(C)(C)C2)CC(C)(C)N1. The number of nitrogens with one attached hydrogen (secondary N) is 1. The van der Waals surface area contributed by atoms with Gasteiger partial charge in [0, 0.05) is 22.2 Å². The summed E-state index contributed by atoms with van der Waals surface area (Å²) in [6, 6.07) is 0. The molecular formula is C18H36N2O2. The summed E-state index contributed by atoms with van der Waals surface area (Å²) in [4.78, 5) is 0. The predicted octanol–water partition coefficient (Wildman–Crippen LogP) is 3.72. The zero-order valence-corrected chi connectivity index (χ0v) is 15.8. The van der Waals surface area contributed by atoms with Crippen molar-refractivity contribution in [3.05, 3.63) is 0 Å². The monoisotopic (exact) mass is 312 g/mol. The molecule has 0 aromatic rings. The van der Waals surface area contributed by atoms with Crippen molar-refractivity contribution >= 4 is 0 Å². The number of rotatable bonds is 2. The van der Waals surface area contributed by atoms with Crippen LogP contribution in [0.3, 0.4) is 0 Å². The van der Waals surface area contributed by atoms with E-state index in [2.05, 4.69) is 60.7 Å². The van der Waals surface area contributed by atoms with E-state index in [0.29, 0.717) is 0 Å². The summed E-state index contributed by atoms with van der Waals surface area (Å²) in [6.07, 6.45) is 4.32. The molecule has 0 aromatic heterocycles. The van der Waals surface area contributed by atoms with E-state index in [4.69, 9.17) is 4.74 Å². The first-order valence-electron chi connectivity index (χ1n) is 8.67. The van der Waals surface area contributed by atoms with Crippen LogP contribution in [-0.2, 0) is 4.74 Å². The van der Waals surface area contributed by atoms with Gasteiger partial charge in [0.05, 0.1) is 12.2 Å². The van der Waals surface area contributed by atoms with Gasteiger partial charge in [-0.3, -0.25) is 0 Å². The van der Waals surface area contributed by atoms with Gasteiger partial charge >= 0.3 is 0 Å². The van der Waals surface area contributed by atoms with Crippen LogP contribution in [0.2, 0.25) is 0 Å². The second-order valence-electron chi connectivity index (χ2n) is 10.0. The molecular weight excluding hydrogens is 276 g/mol. The van der Waals surface area contributed by atoms with Crippen LogP contribution >= 0.6 is 0 Å². The molecule has 0 unspecified atom stereocenters. The molecule has 0 aliphatic carbocycles. The molecule has 0 saturated carbocycles. The van der Waals surface area contributed by atoms with Gasteiger partial charge in [-0.1, -0.05) is 0 Å². The average molecular weight is 312 g/mol. The highest BCUT2D eigenvalue weighted by atomic mass is 16.5. The zero-order chi connectivity index (χ0) is 17.0. The molecule has 2 aliphatic heterocycles. The highest BCUT2D eigenvalue weighted by molar-refractivity contribution is 5.00. The van der Waals surface area contributed by atoms with Crippen LogP contribution in [-0.4, -0.2) is 44.6 Å². The Hall–Kier alpha value is -0.160. The minimum absolute atomic E-state index is 0.106. The third kappa shape index (κ3) is 4.02. The zero-order valence-electron chi connectivity index (χ0n) is 15.8. The number of hydroxylamine groups is 2. The largest absolute Gasteiger partial charge is 0.375 e. The molecule has 4 heteroatoms. The third-order valence-electron chi connectivity index (χ3n) is 5.14. The lowest BCUT2D eigenvalue weighted by Gasteiger charge is -2.53. The van der Waals surface area contributed by atoms with E-state index in [1.165, 1.54) is 5.06 Å². The lowest BCUT2D eigenvalue weighted by molar-refractivity contribution is -0.266. The van der Waals surface area contributed by atoms with Crippen molar-refractivity contribution in [3.8, 4) is 0 Å². The number of nitrogens with zero attached hydrogens (tertiary/aromatic N) is 1. The molecule has 0 amide bonds. The van der Waals surface area contributed by atoms with E-state index in [1.807, 2.05) is 0 Å². The van der Waals surface area contributed by atoms with Crippen molar-refractivity contribution in [1.82, 2.24) is 10.4 Å². The molecule has 2 saturated heterocycles. The minimum Gasteiger partial charge on any atom is -0.375 e. The van der Waals surface area contributed by atoms with Gasteiger partial charge in [0.1, 0.15) is 0 Å². The second kappa shape index (κ2) is 5.44. The first-order valence-corrected chi connectivity index (χ1v) is 8.67. The van der Waals surface area contributed by atoms with Crippen molar-refractivity contribution in [2.45, 2.75) is 115 Å². The van der Waals surface area contributed by atoms with E-state index >= 15 is 0 Å². The lowest BCUT2D eigenvalue weighted by Crippen LogP contribution is -2.62. The van der Waals surface area contributed by atoms with Gasteiger partial charge in [0.25, 0.3) is 0 Å². The summed E-state index contributed by atoms with van der Waals surface area (Å²) in [5, 5.41) is 15.7. The molecule has 0 radical (unpaired) electrons. The maximum Gasteiger partial charge on any atom is 0.0615 e. The molecule has 2 N–H and O–H groups in total. The Balaban J connectivity index is 2.07. The van der Waals surface area contributed by atoms with Crippen molar-refractivity contribution < 1.29 is 9.94 Å². The molecule has 22 heavy (non-hydrogen) atoms. The summed E-state index contributed by atoms with van der Waals surface area (Å²) in [6.45, 7) is 17.4. The van der Waals surface area contributed by atoms with E-state index < -0.39 is 0 Å². The Morgan fingerprint density at radius 2 is 1.14 bits per heavy atom. The average Bonchev–Trinajstić information content (AvgIpc) is 2.19. The number of hydrogen-bond acceptors (Lipinski definition) is 4. The molecule has 130 valence electrons. The van der Waals surface area contributed by atoms with E-state index in [-0.39, 0.29) is 34.4 Å². The third-order valence-corrected chi connectivity index (χ3v) is 5.14. The molecule has 0 bridgehead atoms. The standard InChI is InChI=1S/C18H36N2O2/c1-15(2)9-13(10-16(3,4)19-15)22-14-11-17(5,6)20(21)18(7,8)12-14/h13-14,19,21H,9-12H2,1-8H3. The van der Waals surface area contributed by atoms with Gasteiger partial charge in [-0.25, -0.2) is 0 Å².